The van der Waals surface area contributed by atoms with Crippen LogP contribution >= 0.6 is 23.2 Å². The van der Waals surface area contributed by atoms with Crippen LogP contribution in [0.2, 0.25) is 10.2 Å². The Morgan fingerprint density at radius 2 is 2.21 bits per heavy atom. The van der Waals surface area contributed by atoms with Gasteiger partial charge in [0, 0.05) is 12.7 Å². The average Bonchev–Trinajstić information content (AvgIpc) is 2.71. The van der Waals surface area contributed by atoms with Gasteiger partial charge in [0.15, 0.2) is 5.82 Å². The second-order valence-corrected chi connectivity index (χ2v) is 4.74. The number of aromatic nitrogens is 3. The van der Waals surface area contributed by atoms with E-state index in [1.54, 1.807) is 16.8 Å². The van der Waals surface area contributed by atoms with Gasteiger partial charge in [-0.3, -0.25) is 9.78 Å². The Kier molecular flexibility index (Phi) is 4.39. The summed E-state index contributed by atoms with van der Waals surface area (Å²) < 4.78 is 1.80. The lowest BCUT2D eigenvalue weighted by Gasteiger charge is -2.07. The molecule has 2 heterocycles. The molecule has 2 rings (SSSR count). The number of anilines is 1. The van der Waals surface area contributed by atoms with Crippen molar-refractivity contribution >= 4 is 34.9 Å². The third-order valence-corrected chi connectivity index (χ3v) is 2.80. The van der Waals surface area contributed by atoms with Crippen molar-refractivity contribution in [1.29, 1.82) is 0 Å². The van der Waals surface area contributed by atoms with Crippen LogP contribution in [-0.2, 0) is 6.54 Å². The molecule has 0 aliphatic heterocycles. The molecule has 0 aliphatic rings. The second kappa shape index (κ2) is 6.04. The van der Waals surface area contributed by atoms with Crippen LogP contribution in [0, 0.1) is 0 Å². The fraction of sp³-hybridized carbons (Fsp3) is 0.250. The Labute approximate surface area is 120 Å². The zero-order valence-electron chi connectivity index (χ0n) is 10.2. The molecule has 5 nitrogen and oxygen atoms in total. The number of amides is 1. The number of hydrogen-bond donors (Lipinski definition) is 1. The molecule has 0 atom stereocenters. The molecule has 0 bridgehead atoms. The van der Waals surface area contributed by atoms with Gasteiger partial charge in [0.1, 0.15) is 10.8 Å². The summed E-state index contributed by atoms with van der Waals surface area (Å²) in [7, 11) is 0. The average molecular weight is 299 g/mol. The summed E-state index contributed by atoms with van der Waals surface area (Å²) in [6.45, 7) is 2.74. The molecule has 2 aromatic rings. The predicted octanol–water partition coefficient (Wildman–Crippen LogP) is 3.25. The molecule has 0 aromatic carbocycles. The lowest BCUT2D eigenvalue weighted by Crippen LogP contribution is -2.17. The summed E-state index contributed by atoms with van der Waals surface area (Å²) in [5.41, 5.74) is 0.480. The van der Waals surface area contributed by atoms with Gasteiger partial charge in [-0.2, -0.15) is 0 Å². The third kappa shape index (κ3) is 3.45. The van der Waals surface area contributed by atoms with Gasteiger partial charge in [0.25, 0.3) is 5.91 Å². The molecule has 0 saturated carbocycles. The number of aryl methyl sites for hydroxylation is 1. The smallest absolute Gasteiger partial charge is 0.273 e. The number of halogens is 2. The number of carbonyl (C=O) groups is 1. The third-order valence-electron chi connectivity index (χ3n) is 2.41. The quantitative estimate of drug-likeness (QED) is 0.942. The monoisotopic (exact) mass is 298 g/mol. The van der Waals surface area contributed by atoms with Crippen molar-refractivity contribution in [1.82, 2.24) is 14.5 Å². The zero-order valence-corrected chi connectivity index (χ0v) is 11.7. The molecule has 0 radical (unpaired) electrons. The van der Waals surface area contributed by atoms with Crippen molar-refractivity contribution in [2.45, 2.75) is 19.9 Å². The van der Waals surface area contributed by atoms with Gasteiger partial charge in [0.2, 0.25) is 0 Å². The molecule has 1 N–H and O–H groups in total. The Hall–Kier alpha value is -1.59. The van der Waals surface area contributed by atoms with Gasteiger partial charge in [-0.1, -0.05) is 30.1 Å². The molecule has 2 aromatic heterocycles. The van der Waals surface area contributed by atoms with Crippen LogP contribution in [0.4, 0.5) is 5.82 Å². The van der Waals surface area contributed by atoms with Crippen molar-refractivity contribution in [3.8, 4) is 0 Å². The standard InChI is InChI=1S/C12H12Cl2N4O/c1-2-3-18-7-8(13)4-9(18)12(19)17-11-6-15-5-10(14)16-11/h4-7H,2-3H2,1H3,(H,16,17,19). The Morgan fingerprint density at radius 1 is 1.42 bits per heavy atom. The van der Waals surface area contributed by atoms with Gasteiger partial charge < -0.3 is 9.88 Å². The molecule has 100 valence electrons. The van der Waals surface area contributed by atoms with E-state index in [-0.39, 0.29) is 11.1 Å². The maximum atomic E-state index is 12.1. The van der Waals surface area contributed by atoms with Crippen molar-refractivity contribution in [3.63, 3.8) is 0 Å². The topological polar surface area (TPSA) is 59.8 Å². The van der Waals surface area contributed by atoms with Gasteiger partial charge in [0.05, 0.1) is 17.4 Å². The number of nitrogens with one attached hydrogen (secondary N) is 1. The Balaban J connectivity index is 2.20. The Bertz CT molecular complexity index is 597. The number of carbonyl (C=O) groups excluding carboxylic acids is 1. The minimum absolute atomic E-state index is 0.222. The van der Waals surface area contributed by atoms with Crippen LogP contribution in [0.25, 0.3) is 0 Å². The van der Waals surface area contributed by atoms with Crippen LogP contribution in [0.1, 0.15) is 23.8 Å². The summed E-state index contributed by atoms with van der Waals surface area (Å²) in [6.07, 6.45) is 5.46. The lowest BCUT2D eigenvalue weighted by molar-refractivity contribution is 0.101. The van der Waals surface area contributed by atoms with Crippen LogP contribution in [-0.4, -0.2) is 20.4 Å². The van der Waals surface area contributed by atoms with Crippen LogP contribution < -0.4 is 5.32 Å². The molecular formula is C12H12Cl2N4O. The van der Waals surface area contributed by atoms with E-state index in [4.69, 9.17) is 23.2 Å². The van der Waals surface area contributed by atoms with E-state index in [1.807, 2.05) is 6.92 Å². The van der Waals surface area contributed by atoms with Crippen molar-refractivity contribution < 1.29 is 4.79 Å². The summed E-state index contributed by atoms with van der Waals surface area (Å²) in [5.74, 6) is 0.00906. The van der Waals surface area contributed by atoms with Crippen LogP contribution in [0.5, 0.6) is 0 Å². The largest absolute Gasteiger partial charge is 0.342 e. The first kappa shape index (κ1) is 13.8. The summed E-state index contributed by atoms with van der Waals surface area (Å²) in [5, 5.41) is 3.38. The van der Waals surface area contributed by atoms with E-state index in [2.05, 4.69) is 15.3 Å². The van der Waals surface area contributed by atoms with Crippen molar-refractivity contribution in [3.05, 3.63) is 40.5 Å². The highest BCUT2D eigenvalue weighted by molar-refractivity contribution is 6.31. The normalized spacial score (nSPS) is 10.5. The molecule has 0 spiro atoms. The first-order chi connectivity index (χ1) is 9.10. The second-order valence-electron chi connectivity index (χ2n) is 3.92. The van der Waals surface area contributed by atoms with E-state index < -0.39 is 0 Å². The van der Waals surface area contributed by atoms with Gasteiger partial charge in [-0.15, -0.1) is 0 Å². The maximum absolute atomic E-state index is 12.1. The van der Waals surface area contributed by atoms with E-state index in [9.17, 15) is 4.79 Å². The van der Waals surface area contributed by atoms with E-state index in [0.29, 0.717) is 16.5 Å². The molecule has 0 fully saturated rings. The summed E-state index contributed by atoms with van der Waals surface area (Å²) in [6, 6.07) is 1.62. The Morgan fingerprint density at radius 3 is 2.89 bits per heavy atom. The zero-order chi connectivity index (χ0) is 13.8. The first-order valence-corrected chi connectivity index (χ1v) is 6.50. The molecule has 1 amide bonds. The minimum atomic E-state index is -0.295. The molecule has 19 heavy (non-hydrogen) atoms. The number of rotatable bonds is 4. The van der Waals surface area contributed by atoms with E-state index >= 15 is 0 Å². The van der Waals surface area contributed by atoms with E-state index in [0.717, 1.165) is 13.0 Å². The van der Waals surface area contributed by atoms with Crippen LogP contribution in [0.3, 0.4) is 0 Å². The maximum Gasteiger partial charge on any atom is 0.273 e. The summed E-state index contributed by atoms with van der Waals surface area (Å²) >= 11 is 11.6. The lowest BCUT2D eigenvalue weighted by atomic mass is 10.3. The van der Waals surface area contributed by atoms with E-state index in [1.165, 1.54) is 12.4 Å². The predicted molar refractivity (Wildman–Crippen MR) is 74.7 cm³/mol. The SMILES string of the molecule is CCCn1cc(Cl)cc1C(=O)Nc1cncc(Cl)n1. The van der Waals surface area contributed by atoms with Crippen molar-refractivity contribution in [2.24, 2.45) is 0 Å². The molecule has 0 unspecified atom stereocenters. The highest BCUT2D eigenvalue weighted by Gasteiger charge is 2.13. The first-order valence-electron chi connectivity index (χ1n) is 5.74. The van der Waals surface area contributed by atoms with Gasteiger partial charge in [-0.05, 0) is 12.5 Å². The van der Waals surface area contributed by atoms with Gasteiger partial charge in [-0.25, -0.2) is 4.98 Å². The molecule has 0 saturated heterocycles. The number of hydrogen-bond acceptors (Lipinski definition) is 3. The minimum Gasteiger partial charge on any atom is -0.342 e. The van der Waals surface area contributed by atoms with Crippen LogP contribution in [0.15, 0.2) is 24.7 Å². The summed E-state index contributed by atoms with van der Waals surface area (Å²) in [4.78, 5) is 19.9. The number of nitrogens with zero attached hydrogens (tertiary/aromatic N) is 3. The molecule has 0 aliphatic carbocycles. The highest BCUT2D eigenvalue weighted by atomic mass is 35.5. The molecular weight excluding hydrogens is 287 g/mol. The fourth-order valence-corrected chi connectivity index (χ4v) is 2.04. The fourth-order valence-electron chi connectivity index (χ4n) is 1.67. The molecule has 7 heteroatoms. The highest BCUT2D eigenvalue weighted by Crippen LogP contribution is 2.16. The van der Waals surface area contributed by atoms with Crippen molar-refractivity contribution in [2.75, 3.05) is 5.32 Å². The van der Waals surface area contributed by atoms with Gasteiger partial charge >= 0.3 is 0 Å².